The van der Waals surface area contributed by atoms with Crippen LogP contribution in [0.25, 0.3) is 0 Å². The van der Waals surface area contributed by atoms with Gasteiger partial charge in [-0.2, -0.15) is 0 Å². The maximum atomic E-state index is 12.4. The van der Waals surface area contributed by atoms with Gasteiger partial charge in [-0.1, -0.05) is 25.7 Å². The molecule has 0 bridgehead atoms. The maximum Gasteiger partial charge on any atom is 0.341 e. The summed E-state index contributed by atoms with van der Waals surface area (Å²) in [6.07, 6.45) is 6.57. The molecule has 1 aliphatic rings. The molecular weight excluding hydrogens is 286 g/mol. The first kappa shape index (κ1) is 16.0. The zero-order valence-corrected chi connectivity index (χ0v) is 13.6. The average molecular weight is 309 g/mol. The lowest BCUT2D eigenvalue weighted by Crippen LogP contribution is -2.23. The molecule has 0 aromatic carbocycles. The van der Waals surface area contributed by atoms with Gasteiger partial charge in [-0.3, -0.25) is 4.79 Å². The molecule has 1 saturated carbocycles. The number of ether oxygens (including phenoxy) is 1. The Balaban J connectivity index is 2.07. The third kappa shape index (κ3) is 4.30. The van der Waals surface area contributed by atoms with Crippen molar-refractivity contribution in [3.63, 3.8) is 0 Å². The molecular formula is C16H23NO3S. The predicted octanol–water partition coefficient (Wildman–Crippen LogP) is 4.14. The van der Waals surface area contributed by atoms with E-state index in [9.17, 15) is 9.59 Å². The van der Waals surface area contributed by atoms with E-state index in [2.05, 4.69) is 5.32 Å². The normalized spacial score (nSPS) is 16.3. The van der Waals surface area contributed by atoms with E-state index in [0.717, 1.165) is 30.6 Å². The number of amides is 1. The van der Waals surface area contributed by atoms with Crippen molar-refractivity contribution >= 4 is 28.2 Å². The lowest BCUT2D eigenvalue weighted by atomic mass is 9.99. The largest absolute Gasteiger partial charge is 0.462 e. The van der Waals surface area contributed by atoms with Crippen molar-refractivity contribution in [3.05, 3.63) is 16.5 Å². The van der Waals surface area contributed by atoms with Crippen molar-refractivity contribution in [2.24, 2.45) is 5.92 Å². The smallest absolute Gasteiger partial charge is 0.341 e. The van der Waals surface area contributed by atoms with Crippen LogP contribution in [0.3, 0.4) is 0 Å². The lowest BCUT2D eigenvalue weighted by molar-refractivity contribution is -0.120. The van der Waals surface area contributed by atoms with Gasteiger partial charge in [-0.15, -0.1) is 11.3 Å². The molecule has 0 unspecified atom stereocenters. The minimum Gasteiger partial charge on any atom is -0.462 e. The molecule has 1 aromatic heterocycles. The number of aryl methyl sites for hydroxylation is 1. The van der Waals surface area contributed by atoms with Gasteiger partial charge in [0.15, 0.2) is 0 Å². The highest BCUT2D eigenvalue weighted by Gasteiger charge is 2.23. The average Bonchev–Trinajstić information content (AvgIpc) is 2.67. The number of anilines is 1. The Morgan fingerprint density at radius 2 is 1.95 bits per heavy atom. The third-order valence-corrected chi connectivity index (χ3v) is 4.78. The van der Waals surface area contributed by atoms with Gasteiger partial charge in [0, 0.05) is 10.8 Å². The first-order valence-electron chi connectivity index (χ1n) is 7.70. The molecule has 1 amide bonds. The molecule has 1 heterocycles. The lowest BCUT2D eigenvalue weighted by Gasteiger charge is -2.14. The topological polar surface area (TPSA) is 55.4 Å². The molecule has 5 heteroatoms. The molecule has 1 aliphatic carbocycles. The summed E-state index contributed by atoms with van der Waals surface area (Å²) in [5.74, 6) is -0.243. The fraction of sp³-hybridized carbons (Fsp3) is 0.625. The molecule has 4 nitrogen and oxygen atoms in total. The van der Waals surface area contributed by atoms with Gasteiger partial charge in [-0.05, 0) is 32.8 Å². The summed E-state index contributed by atoms with van der Waals surface area (Å²) in [5.41, 5.74) is 0.473. The monoisotopic (exact) mass is 309 g/mol. The van der Waals surface area contributed by atoms with Crippen LogP contribution in [0.2, 0.25) is 0 Å². The third-order valence-electron chi connectivity index (χ3n) is 3.81. The minimum absolute atomic E-state index is 0.0456. The van der Waals surface area contributed by atoms with Gasteiger partial charge < -0.3 is 10.1 Å². The number of hydrogen-bond donors (Lipinski definition) is 1. The molecule has 21 heavy (non-hydrogen) atoms. The van der Waals surface area contributed by atoms with Crippen LogP contribution in [-0.4, -0.2) is 18.5 Å². The van der Waals surface area contributed by atoms with E-state index >= 15 is 0 Å². The quantitative estimate of drug-likeness (QED) is 0.671. The first-order chi connectivity index (χ1) is 10.1. The molecule has 1 aromatic rings. The van der Waals surface area contributed by atoms with Crippen molar-refractivity contribution in [2.75, 3.05) is 11.9 Å². The van der Waals surface area contributed by atoms with E-state index < -0.39 is 0 Å². The summed E-state index contributed by atoms with van der Waals surface area (Å²) >= 11 is 1.43. The molecule has 1 fully saturated rings. The van der Waals surface area contributed by atoms with E-state index in [1.54, 1.807) is 13.0 Å². The molecule has 1 N–H and O–H groups in total. The summed E-state index contributed by atoms with van der Waals surface area (Å²) in [6.45, 7) is 4.04. The molecule has 2 rings (SSSR count). The van der Waals surface area contributed by atoms with E-state index in [0.29, 0.717) is 17.2 Å². The Hall–Kier alpha value is -1.36. The van der Waals surface area contributed by atoms with E-state index in [-0.39, 0.29) is 17.8 Å². The molecule has 0 atom stereocenters. The van der Waals surface area contributed by atoms with Crippen molar-refractivity contribution in [1.29, 1.82) is 0 Å². The Morgan fingerprint density at radius 3 is 2.57 bits per heavy atom. The standard InChI is InChI=1S/C16H23NO3S/c1-3-20-16(19)13-10-11(2)21-15(13)17-14(18)12-8-6-4-5-7-9-12/h10,12H,3-9H2,1-2H3,(H,17,18). The van der Waals surface area contributed by atoms with E-state index in [1.807, 2.05) is 6.92 Å². The van der Waals surface area contributed by atoms with E-state index in [1.165, 1.54) is 24.2 Å². The number of nitrogens with one attached hydrogen (secondary N) is 1. The Morgan fingerprint density at radius 1 is 1.29 bits per heavy atom. The van der Waals surface area contributed by atoms with Crippen LogP contribution in [0.1, 0.15) is 60.7 Å². The van der Waals surface area contributed by atoms with Gasteiger partial charge in [0.1, 0.15) is 5.00 Å². The van der Waals surface area contributed by atoms with Gasteiger partial charge in [0.2, 0.25) is 5.91 Å². The van der Waals surface area contributed by atoms with Crippen LogP contribution < -0.4 is 5.32 Å². The molecule has 0 spiro atoms. The van der Waals surface area contributed by atoms with Crippen molar-refractivity contribution in [1.82, 2.24) is 0 Å². The first-order valence-corrected chi connectivity index (χ1v) is 8.52. The fourth-order valence-electron chi connectivity index (χ4n) is 2.72. The molecule has 0 saturated heterocycles. The Bertz CT molecular complexity index is 502. The number of carbonyl (C=O) groups is 2. The highest BCUT2D eigenvalue weighted by molar-refractivity contribution is 7.16. The summed E-state index contributed by atoms with van der Waals surface area (Å²) in [5, 5.41) is 3.57. The van der Waals surface area contributed by atoms with Crippen molar-refractivity contribution in [3.8, 4) is 0 Å². The Kier molecular flexibility index (Phi) is 5.79. The van der Waals surface area contributed by atoms with Crippen LogP contribution in [0.4, 0.5) is 5.00 Å². The second-order valence-electron chi connectivity index (χ2n) is 5.50. The maximum absolute atomic E-state index is 12.4. The number of carbonyl (C=O) groups excluding carboxylic acids is 2. The predicted molar refractivity (Wildman–Crippen MR) is 84.8 cm³/mol. The van der Waals surface area contributed by atoms with Crippen LogP contribution in [0.15, 0.2) is 6.07 Å². The summed E-state index contributed by atoms with van der Waals surface area (Å²) < 4.78 is 5.05. The van der Waals surface area contributed by atoms with Gasteiger partial charge in [-0.25, -0.2) is 4.79 Å². The SMILES string of the molecule is CCOC(=O)c1cc(C)sc1NC(=O)C1CCCCCC1. The van der Waals surface area contributed by atoms with Crippen molar-refractivity contribution in [2.45, 2.75) is 52.4 Å². The van der Waals surface area contributed by atoms with Crippen LogP contribution in [0, 0.1) is 12.8 Å². The van der Waals surface area contributed by atoms with Gasteiger partial charge >= 0.3 is 5.97 Å². The second-order valence-corrected chi connectivity index (χ2v) is 6.75. The second kappa shape index (κ2) is 7.59. The number of esters is 1. The fourth-order valence-corrected chi connectivity index (χ4v) is 3.63. The zero-order valence-electron chi connectivity index (χ0n) is 12.7. The summed E-state index contributed by atoms with van der Waals surface area (Å²) in [6, 6.07) is 1.78. The van der Waals surface area contributed by atoms with Crippen molar-refractivity contribution < 1.29 is 14.3 Å². The minimum atomic E-state index is -0.363. The number of thiophene rings is 1. The van der Waals surface area contributed by atoms with Crippen LogP contribution >= 0.6 is 11.3 Å². The summed E-state index contributed by atoms with van der Waals surface area (Å²) in [4.78, 5) is 25.3. The number of rotatable bonds is 4. The highest BCUT2D eigenvalue weighted by atomic mass is 32.1. The molecule has 116 valence electrons. The van der Waals surface area contributed by atoms with Gasteiger partial charge in [0.25, 0.3) is 0 Å². The zero-order chi connectivity index (χ0) is 15.2. The van der Waals surface area contributed by atoms with E-state index in [4.69, 9.17) is 4.74 Å². The van der Waals surface area contributed by atoms with Gasteiger partial charge in [0.05, 0.1) is 12.2 Å². The highest BCUT2D eigenvalue weighted by Crippen LogP contribution is 2.30. The number of hydrogen-bond acceptors (Lipinski definition) is 4. The van der Waals surface area contributed by atoms with Crippen LogP contribution in [-0.2, 0) is 9.53 Å². The summed E-state index contributed by atoms with van der Waals surface area (Å²) in [7, 11) is 0. The van der Waals surface area contributed by atoms with Crippen LogP contribution in [0.5, 0.6) is 0 Å². The Labute approximate surface area is 129 Å². The molecule has 0 aliphatic heterocycles. The molecule has 0 radical (unpaired) electrons.